The highest BCUT2D eigenvalue weighted by Crippen LogP contribution is 2.28. The first-order valence-electron chi connectivity index (χ1n) is 5.63. The largest absolute Gasteiger partial charge is 0.396 e. The molecule has 20 heavy (non-hydrogen) atoms. The fourth-order valence-electron chi connectivity index (χ4n) is 1.67. The average molecular weight is 315 g/mol. The Kier molecular flexibility index (Phi) is 3.87. The summed E-state index contributed by atoms with van der Waals surface area (Å²) in [5.41, 5.74) is 6.39. The van der Waals surface area contributed by atoms with Gasteiger partial charge in [0.15, 0.2) is 0 Å². The third-order valence-electron chi connectivity index (χ3n) is 2.61. The van der Waals surface area contributed by atoms with E-state index < -0.39 is 15.8 Å². The second-order valence-electron chi connectivity index (χ2n) is 4.28. The van der Waals surface area contributed by atoms with Crippen molar-refractivity contribution < 1.29 is 12.8 Å². The van der Waals surface area contributed by atoms with Crippen LogP contribution >= 0.6 is 11.6 Å². The van der Waals surface area contributed by atoms with E-state index in [2.05, 4.69) is 4.72 Å². The van der Waals surface area contributed by atoms with Crippen LogP contribution in [-0.2, 0) is 10.0 Å². The summed E-state index contributed by atoms with van der Waals surface area (Å²) in [4.78, 5) is -0.264. The summed E-state index contributed by atoms with van der Waals surface area (Å²) >= 11 is 5.77. The zero-order valence-corrected chi connectivity index (χ0v) is 12.1. The molecule has 7 heteroatoms. The molecule has 0 bridgehead atoms. The summed E-state index contributed by atoms with van der Waals surface area (Å²) < 4.78 is 40.0. The predicted molar refractivity (Wildman–Crippen MR) is 77.8 cm³/mol. The minimum absolute atomic E-state index is 0.225. The number of sulfonamides is 1. The van der Waals surface area contributed by atoms with E-state index in [0.29, 0.717) is 5.69 Å². The van der Waals surface area contributed by atoms with E-state index in [1.807, 2.05) is 13.0 Å². The van der Waals surface area contributed by atoms with Crippen molar-refractivity contribution in [2.75, 3.05) is 10.5 Å². The summed E-state index contributed by atoms with van der Waals surface area (Å²) in [7, 11) is -3.93. The molecule has 0 fully saturated rings. The lowest BCUT2D eigenvalue weighted by Crippen LogP contribution is -2.14. The Morgan fingerprint density at radius 2 is 1.95 bits per heavy atom. The molecule has 106 valence electrons. The van der Waals surface area contributed by atoms with Gasteiger partial charge >= 0.3 is 0 Å². The van der Waals surface area contributed by atoms with Crippen LogP contribution in [-0.4, -0.2) is 8.42 Å². The van der Waals surface area contributed by atoms with Gasteiger partial charge in [0.25, 0.3) is 10.0 Å². The molecule has 0 atom stereocenters. The van der Waals surface area contributed by atoms with Crippen molar-refractivity contribution in [2.45, 2.75) is 11.8 Å². The molecular formula is C13H12ClFN2O2S. The molecule has 0 saturated heterocycles. The Labute approximate surface area is 121 Å². The SMILES string of the molecule is Cc1cccc(NS(=O)(=O)c2cc(N)c(F)cc2Cl)c1. The molecule has 0 aliphatic heterocycles. The van der Waals surface area contributed by atoms with Crippen LogP contribution < -0.4 is 10.5 Å². The van der Waals surface area contributed by atoms with Crippen LogP contribution in [0.4, 0.5) is 15.8 Å². The van der Waals surface area contributed by atoms with Crippen LogP contribution in [0.1, 0.15) is 5.56 Å². The van der Waals surface area contributed by atoms with Crippen molar-refractivity contribution in [1.82, 2.24) is 0 Å². The summed E-state index contributed by atoms with van der Waals surface area (Å²) in [6, 6.07) is 8.69. The molecule has 3 N–H and O–H groups in total. The van der Waals surface area contributed by atoms with Gasteiger partial charge in [-0.05, 0) is 36.8 Å². The van der Waals surface area contributed by atoms with Crippen molar-refractivity contribution in [2.24, 2.45) is 0 Å². The normalized spacial score (nSPS) is 11.3. The molecule has 0 unspecified atom stereocenters. The Bertz CT molecular complexity index is 763. The van der Waals surface area contributed by atoms with E-state index in [1.54, 1.807) is 18.2 Å². The topological polar surface area (TPSA) is 72.2 Å². The first kappa shape index (κ1) is 14.6. The molecule has 4 nitrogen and oxygen atoms in total. The van der Waals surface area contributed by atoms with Gasteiger partial charge in [-0.3, -0.25) is 4.72 Å². The molecule has 0 amide bonds. The zero-order valence-electron chi connectivity index (χ0n) is 10.5. The molecule has 0 saturated carbocycles. The van der Waals surface area contributed by atoms with Gasteiger partial charge in [0.05, 0.1) is 10.7 Å². The molecule has 0 radical (unpaired) electrons. The van der Waals surface area contributed by atoms with E-state index in [9.17, 15) is 12.8 Å². The van der Waals surface area contributed by atoms with Crippen LogP contribution in [0.25, 0.3) is 0 Å². The maximum Gasteiger partial charge on any atom is 0.263 e. The van der Waals surface area contributed by atoms with Crippen molar-refractivity contribution in [3.8, 4) is 0 Å². The van der Waals surface area contributed by atoms with Crippen molar-refractivity contribution in [3.63, 3.8) is 0 Å². The van der Waals surface area contributed by atoms with Crippen molar-refractivity contribution >= 4 is 33.0 Å². The number of nitrogen functional groups attached to an aromatic ring is 1. The molecule has 0 aromatic heterocycles. The number of benzene rings is 2. The zero-order chi connectivity index (χ0) is 14.9. The number of rotatable bonds is 3. The fourth-order valence-corrected chi connectivity index (χ4v) is 3.27. The Morgan fingerprint density at radius 1 is 1.25 bits per heavy atom. The van der Waals surface area contributed by atoms with E-state index in [0.717, 1.165) is 17.7 Å². The lowest BCUT2D eigenvalue weighted by Gasteiger charge is -2.11. The number of aryl methyl sites for hydroxylation is 1. The summed E-state index contributed by atoms with van der Waals surface area (Å²) in [6.07, 6.45) is 0. The number of anilines is 2. The van der Waals surface area contributed by atoms with E-state index >= 15 is 0 Å². The molecule has 0 aliphatic carbocycles. The third kappa shape index (κ3) is 3.02. The summed E-state index contributed by atoms with van der Waals surface area (Å²) in [5, 5.41) is -0.225. The second kappa shape index (κ2) is 5.30. The van der Waals surface area contributed by atoms with Crippen LogP contribution in [0.3, 0.4) is 0 Å². The number of hydrogen-bond acceptors (Lipinski definition) is 3. The van der Waals surface area contributed by atoms with E-state index in [1.165, 1.54) is 0 Å². The minimum Gasteiger partial charge on any atom is -0.396 e. The van der Waals surface area contributed by atoms with Gasteiger partial charge in [0.2, 0.25) is 0 Å². The number of nitrogens with one attached hydrogen (secondary N) is 1. The molecule has 0 heterocycles. The van der Waals surface area contributed by atoms with Crippen LogP contribution in [0.15, 0.2) is 41.3 Å². The number of hydrogen-bond donors (Lipinski definition) is 2. The highest BCUT2D eigenvalue weighted by Gasteiger charge is 2.20. The van der Waals surface area contributed by atoms with Gasteiger partial charge in [0.1, 0.15) is 10.7 Å². The summed E-state index contributed by atoms with van der Waals surface area (Å²) in [6.45, 7) is 1.83. The molecule has 2 aromatic carbocycles. The molecule has 2 aromatic rings. The van der Waals surface area contributed by atoms with E-state index in [-0.39, 0.29) is 15.6 Å². The Hall–Kier alpha value is -1.79. The van der Waals surface area contributed by atoms with Crippen molar-refractivity contribution in [1.29, 1.82) is 0 Å². The van der Waals surface area contributed by atoms with Crippen LogP contribution in [0, 0.1) is 12.7 Å². The lowest BCUT2D eigenvalue weighted by molar-refractivity contribution is 0.600. The highest BCUT2D eigenvalue weighted by molar-refractivity contribution is 7.92. The van der Waals surface area contributed by atoms with Gasteiger partial charge in [-0.1, -0.05) is 23.7 Å². The van der Waals surface area contributed by atoms with Gasteiger partial charge < -0.3 is 5.73 Å². The van der Waals surface area contributed by atoms with Crippen LogP contribution in [0.2, 0.25) is 5.02 Å². The smallest absolute Gasteiger partial charge is 0.263 e. The van der Waals surface area contributed by atoms with Gasteiger partial charge in [-0.2, -0.15) is 0 Å². The molecule has 0 spiro atoms. The average Bonchev–Trinajstić information content (AvgIpc) is 2.33. The molecular weight excluding hydrogens is 303 g/mol. The predicted octanol–water partition coefficient (Wildman–Crippen LogP) is 3.17. The summed E-state index contributed by atoms with van der Waals surface area (Å²) in [5.74, 6) is -0.760. The maximum atomic E-state index is 13.2. The Morgan fingerprint density at radius 3 is 2.60 bits per heavy atom. The second-order valence-corrected chi connectivity index (χ2v) is 6.34. The van der Waals surface area contributed by atoms with Crippen LogP contribution in [0.5, 0.6) is 0 Å². The third-order valence-corrected chi connectivity index (χ3v) is 4.46. The standard InChI is InChI=1S/C13H12ClFN2O2S/c1-8-3-2-4-9(5-8)17-20(18,19)13-7-12(16)11(15)6-10(13)14/h2-7,17H,16H2,1H3. The minimum atomic E-state index is -3.93. The molecule has 0 aliphatic rings. The van der Waals surface area contributed by atoms with Gasteiger partial charge in [-0.15, -0.1) is 0 Å². The molecule has 2 rings (SSSR count). The van der Waals surface area contributed by atoms with Gasteiger partial charge in [-0.25, -0.2) is 12.8 Å². The quantitative estimate of drug-likeness (QED) is 0.855. The first-order valence-corrected chi connectivity index (χ1v) is 7.50. The monoisotopic (exact) mass is 314 g/mol. The van der Waals surface area contributed by atoms with Gasteiger partial charge in [0, 0.05) is 5.69 Å². The van der Waals surface area contributed by atoms with Crippen molar-refractivity contribution in [3.05, 3.63) is 52.8 Å². The fraction of sp³-hybridized carbons (Fsp3) is 0.0769. The Balaban J connectivity index is 2.43. The maximum absolute atomic E-state index is 13.2. The number of halogens is 2. The number of nitrogens with two attached hydrogens (primary N) is 1. The highest BCUT2D eigenvalue weighted by atomic mass is 35.5. The first-order chi connectivity index (χ1) is 9.29. The lowest BCUT2D eigenvalue weighted by atomic mass is 10.2. The van der Waals surface area contributed by atoms with E-state index in [4.69, 9.17) is 17.3 Å².